The van der Waals surface area contributed by atoms with Crippen molar-refractivity contribution in [3.8, 4) is 11.5 Å². The zero-order valence-electron chi connectivity index (χ0n) is 16.3. The molecule has 3 rings (SSSR count). The van der Waals surface area contributed by atoms with Crippen LogP contribution in [-0.2, 0) is 10.0 Å². The molecule has 1 aliphatic rings. The average molecular weight is 427 g/mol. The maximum atomic E-state index is 12.8. The molecule has 0 spiro atoms. The molecule has 28 heavy (non-hydrogen) atoms. The van der Waals surface area contributed by atoms with Crippen LogP contribution in [0.5, 0.6) is 0 Å². The highest BCUT2D eigenvalue weighted by Gasteiger charge is 2.27. The Morgan fingerprint density at radius 2 is 2.00 bits per heavy atom. The second-order valence-corrected chi connectivity index (χ2v) is 9.85. The maximum absolute atomic E-state index is 12.8. The summed E-state index contributed by atoms with van der Waals surface area (Å²) in [6, 6.07) is 1.54. The molecular weight excluding hydrogens is 400 g/mol. The predicted octanol–water partition coefficient (Wildman–Crippen LogP) is 3.23. The topological polar surface area (TPSA) is 96.6 Å². The van der Waals surface area contributed by atoms with Crippen LogP contribution >= 0.6 is 11.3 Å². The van der Waals surface area contributed by atoms with E-state index in [2.05, 4.69) is 10.2 Å². The minimum atomic E-state index is -3.55. The van der Waals surface area contributed by atoms with Gasteiger partial charge in [-0.15, -0.1) is 21.5 Å². The molecule has 3 heterocycles. The number of aromatic nitrogens is 2. The van der Waals surface area contributed by atoms with Gasteiger partial charge in [0, 0.05) is 31.6 Å². The third-order valence-corrected chi connectivity index (χ3v) is 8.17. The highest BCUT2D eigenvalue weighted by molar-refractivity contribution is 7.91. The molecule has 1 saturated heterocycles. The smallest absolute Gasteiger partial charge is 0.311 e. The van der Waals surface area contributed by atoms with E-state index in [1.54, 1.807) is 10.3 Å². The van der Waals surface area contributed by atoms with Crippen LogP contribution in [-0.4, -0.2) is 59.9 Å². The van der Waals surface area contributed by atoms with E-state index in [9.17, 15) is 13.2 Å². The molecule has 0 N–H and O–H groups in total. The van der Waals surface area contributed by atoms with Gasteiger partial charge in [-0.3, -0.25) is 4.79 Å². The molecule has 0 radical (unpaired) electrons. The van der Waals surface area contributed by atoms with Crippen LogP contribution in [0.25, 0.3) is 11.5 Å². The predicted molar refractivity (Wildman–Crippen MR) is 107 cm³/mol. The lowest BCUT2D eigenvalue weighted by atomic mass is 10.1. The minimum absolute atomic E-state index is 0.0503. The van der Waals surface area contributed by atoms with E-state index in [1.165, 1.54) is 10.4 Å². The van der Waals surface area contributed by atoms with Gasteiger partial charge >= 0.3 is 11.8 Å². The first kappa shape index (κ1) is 20.9. The Labute approximate surface area is 169 Å². The Hall–Kier alpha value is -1.78. The third kappa shape index (κ3) is 4.44. The summed E-state index contributed by atoms with van der Waals surface area (Å²) in [5, 5.41) is 9.48. The van der Waals surface area contributed by atoms with E-state index in [0.717, 1.165) is 43.4 Å². The fourth-order valence-electron chi connectivity index (χ4n) is 3.13. The largest absolute Gasteiger partial charge is 0.412 e. The van der Waals surface area contributed by atoms with Crippen molar-refractivity contribution in [2.24, 2.45) is 0 Å². The number of thiophene rings is 1. The number of sulfonamides is 1. The summed E-state index contributed by atoms with van der Waals surface area (Å²) in [5.74, 6) is -0.154. The molecule has 1 amide bonds. The number of piperidine rings is 1. The number of carbonyl (C=O) groups is 1. The molecule has 2 aromatic heterocycles. The second kappa shape index (κ2) is 9.15. The van der Waals surface area contributed by atoms with Crippen LogP contribution in [0.2, 0.25) is 0 Å². The van der Waals surface area contributed by atoms with Crippen molar-refractivity contribution < 1.29 is 17.6 Å². The quantitative estimate of drug-likeness (QED) is 0.643. The minimum Gasteiger partial charge on any atom is -0.412 e. The van der Waals surface area contributed by atoms with Gasteiger partial charge in [0.1, 0.15) is 4.21 Å². The Balaban J connectivity index is 1.77. The summed E-state index contributed by atoms with van der Waals surface area (Å²) >= 11 is 1.12. The molecule has 0 saturated carbocycles. The molecule has 0 bridgehead atoms. The van der Waals surface area contributed by atoms with Gasteiger partial charge in [0.05, 0.1) is 5.56 Å². The molecule has 154 valence electrons. The van der Waals surface area contributed by atoms with Gasteiger partial charge in [-0.05, 0) is 31.7 Å². The molecule has 8 nitrogen and oxygen atoms in total. The summed E-state index contributed by atoms with van der Waals surface area (Å²) < 4.78 is 32.9. The van der Waals surface area contributed by atoms with Crippen LogP contribution in [0.4, 0.5) is 0 Å². The van der Waals surface area contributed by atoms with Crippen molar-refractivity contribution in [1.82, 2.24) is 19.4 Å². The lowest BCUT2D eigenvalue weighted by Gasteiger charge is -2.24. The number of carbonyl (C=O) groups excluding carboxylic acids is 1. The highest BCUT2D eigenvalue weighted by atomic mass is 32.2. The first-order valence-electron chi connectivity index (χ1n) is 9.69. The number of nitrogens with zero attached hydrogens (tertiary/aromatic N) is 4. The number of rotatable bonds is 8. The van der Waals surface area contributed by atoms with E-state index >= 15 is 0 Å². The summed E-state index contributed by atoms with van der Waals surface area (Å²) in [7, 11) is -3.55. The fraction of sp³-hybridized carbons (Fsp3) is 0.611. The van der Waals surface area contributed by atoms with Crippen molar-refractivity contribution in [3.05, 3.63) is 17.3 Å². The van der Waals surface area contributed by atoms with E-state index in [4.69, 9.17) is 4.42 Å². The molecular formula is C18H26N4O4S2. The molecule has 0 atom stereocenters. The third-order valence-electron chi connectivity index (χ3n) is 4.78. The molecule has 2 aromatic rings. The van der Waals surface area contributed by atoms with Crippen LogP contribution in [0.1, 0.15) is 56.6 Å². The Morgan fingerprint density at radius 1 is 1.25 bits per heavy atom. The first-order valence-corrected chi connectivity index (χ1v) is 12.0. The van der Waals surface area contributed by atoms with Gasteiger partial charge in [0.25, 0.3) is 10.0 Å². The number of hydrogen-bond acceptors (Lipinski definition) is 7. The summed E-state index contributed by atoms with van der Waals surface area (Å²) in [5.41, 5.74) is 0.514. The monoisotopic (exact) mass is 426 g/mol. The molecule has 0 aromatic carbocycles. The van der Waals surface area contributed by atoms with Crippen molar-refractivity contribution in [2.45, 2.75) is 50.2 Å². The average Bonchev–Trinajstić information content (AvgIpc) is 3.38. The van der Waals surface area contributed by atoms with E-state index in [0.29, 0.717) is 31.7 Å². The van der Waals surface area contributed by atoms with E-state index in [1.807, 2.05) is 13.8 Å². The highest BCUT2D eigenvalue weighted by Crippen LogP contribution is 2.30. The van der Waals surface area contributed by atoms with Crippen molar-refractivity contribution in [2.75, 3.05) is 26.2 Å². The first-order chi connectivity index (χ1) is 13.5. The van der Waals surface area contributed by atoms with Gasteiger partial charge in [-0.2, -0.15) is 4.31 Å². The van der Waals surface area contributed by atoms with Gasteiger partial charge in [0.15, 0.2) is 0 Å². The zero-order valence-corrected chi connectivity index (χ0v) is 17.9. The molecule has 0 unspecified atom stereocenters. The van der Waals surface area contributed by atoms with Gasteiger partial charge in [-0.25, -0.2) is 8.42 Å². The molecule has 0 aliphatic carbocycles. The van der Waals surface area contributed by atoms with Crippen molar-refractivity contribution >= 4 is 27.3 Å². The van der Waals surface area contributed by atoms with Gasteiger partial charge in [-0.1, -0.05) is 20.3 Å². The normalized spacial score (nSPS) is 15.3. The van der Waals surface area contributed by atoms with E-state index in [-0.39, 0.29) is 21.9 Å². The number of likely N-dealkylation sites (tertiary alicyclic amines) is 1. The maximum Gasteiger partial charge on any atom is 0.311 e. The van der Waals surface area contributed by atoms with Crippen LogP contribution in [0.3, 0.4) is 0 Å². The van der Waals surface area contributed by atoms with Gasteiger partial charge in [0.2, 0.25) is 5.89 Å². The summed E-state index contributed by atoms with van der Waals surface area (Å²) in [6.45, 7) is 6.17. The van der Waals surface area contributed by atoms with Crippen molar-refractivity contribution in [1.29, 1.82) is 0 Å². The van der Waals surface area contributed by atoms with Crippen LogP contribution < -0.4 is 0 Å². The summed E-state index contributed by atoms with van der Waals surface area (Å²) in [4.78, 5) is 14.2. The standard InChI is InChI=1S/C18H26N4O4S2/c1-3-5-11-22(4-2)28(24,25)15-12-14(13-27-15)16-19-20-17(26-16)18(23)21-9-7-6-8-10-21/h12-13H,3-11H2,1-2H3. The number of hydrogen-bond donors (Lipinski definition) is 0. The SMILES string of the molecule is CCCCN(CC)S(=O)(=O)c1cc(-c2nnc(C(=O)N3CCCCC3)o2)cs1. The lowest BCUT2D eigenvalue weighted by Crippen LogP contribution is -2.35. The second-order valence-electron chi connectivity index (χ2n) is 6.77. The number of amides is 1. The summed E-state index contributed by atoms with van der Waals surface area (Å²) in [6.07, 6.45) is 4.82. The van der Waals surface area contributed by atoms with Gasteiger partial charge < -0.3 is 9.32 Å². The Kier molecular flexibility index (Phi) is 6.84. The zero-order chi connectivity index (χ0) is 20.1. The van der Waals surface area contributed by atoms with Crippen molar-refractivity contribution in [3.63, 3.8) is 0 Å². The van der Waals surface area contributed by atoms with Crippen LogP contribution in [0.15, 0.2) is 20.1 Å². The Morgan fingerprint density at radius 3 is 2.68 bits per heavy atom. The molecule has 10 heteroatoms. The molecule has 1 fully saturated rings. The number of unbranched alkanes of at least 4 members (excludes halogenated alkanes) is 1. The lowest BCUT2D eigenvalue weighted by molar-refractivity contribution is 0.0684. The molecule has 1 aliphatic heterocycles. The Bertz CT molecular complexity index is 900. The fourth-order valence-corrected chi connectivity index (χ4v) is 5.93. The van der Waals surface area contributed by atoms with Crippen LogP contribution in [0, 0.1) is 0 Å². The van der Waals surface area contributed by atoms with E-state index < -0.39 is 10.0 Å².